The molecule has 0 spiro atoms. The lowest BCUT2D eigenvalue weighted by atomic mass is 9.73. The van der Waals surface area contributed by atoms with Crippen LogP contribution < -0.4 is 10.1 Å². The van der Waals surface area contributed by atoms with Crippen LogP contribution >= 0.6 is 0 Å². The van der Waals surface area contributed by atoms with Gasteiger partial charge in [0.1, 0.15) is 11.5 Å². The molecule has 1 aliphatic heterocycles. The Morgan fingerprint density at radius 1 is 1.31 bits per heavy atom. The molecule has 138 valence electrons. The third-order valence-corrected chi connectivity index (χ3v) is 4.92. The Labute approximate surface area is 154 Å². The number of hydrogen-bond donors (Lipinski definition) is 1. The predicted octanol–water partition coefficient (Wildman–Crippen LogP) is 3.47. The first-order chi connectivity index (χ1) is 12.6. The minimum absolute atomic E-state index is 0.140. The lowest BCUT2D eigenvalue weighted by Crippen LogP contribution is -2.44. The largest absolute Gasteiger partial charge is 0.496 e. The lowest BCUT2D eigenvalue weighted by Gasteiger charge is -2.38. The Balaban J connectivity index is 1.78. The molecule has 5 nitrogen and oxygen atoms in total. The number of carbonyl (C=O) groups is 1. The van der Waals surface area contributed by atoms with E-state index in [-0.39, 0.29) is 11.3 Å². The highest BCUT2D eigenvalue weighted by molar-refractivity contribution is 5.91. The number of hydrogen-bond acceptors (Lipinski definition) is 4. The SMILES string of the molecule is COc1ccc(C)cc1C1(CNC(=O)/C=C/c2ccco2)CCOCC1. The highest BCUT2D eigenvalue weighted by atomic mass is 16.5. The summed E-state index contributed by atoms with van der Waals surface area (Å²) in [5.74, 6) is 1.37. The van der Waals surface area contributed by atoms with E-state index in [0.29, 0.717) is 25.5 Å². The van der Waals surface area contributed by atoms with E-state index < -0.39 is 0 Å². The summed E-state index contributed by atoms with van der Waals surface area (Å²) in [6, 6.07) is 9.80. The van der Waals surface area contributed by atoms with Crippen LogP contribution in [0.3, 0.4) is 0 Å². The quantitative estimate of drug-likeness (QED) is 0.806. The van der Waals surface area contributed by atoms with Crippen molar-refractivity contribution in [2.45, 2.75) is 25.2 Å². The Kier molecular flexibility index (Phi) is 5.78. The van der Waals surface area contributed by atoms with E-state index in [4.69, 9.17) is 13.9 Å². The van der Waals surface area contributed by atoms with Crippen LogP contribution in [-0.4, -0.2) is 32.8 Å². The van der Waals surface area contributed by atoms with Crippen LogP contribution in [0.25, 0.3) is 6.08 Å². The van der Waals surface area contributed by atoms with Crippen molar-refractivity contribution in [3.63, 3.8) is 0 Å². The molecule has 1 fully saturated rings. The summed E-state index contributed by atoms with van der Waals surface area (Å²) in [5.41, 5.74) is 2.12. The second-order valence-corrected chi connectivity index (χ2v) is 6.66. The number of aryl methyl sites for hydroxylation is 1. The number of amides is 1. The zero-order valence-electron chi connectivity index (χ0n) is 15.3. The Morgan fingerprint density at radius 3 is 2.81 bits per heavy atom. The lowest BCUT2D eigenvalue weighted by molar-refractivity contribution is -0.117. The molecule has 26 heavy (non-hydrogen) atoms. The second-order valence-electron chi connectivity index (χ2n) is 6.66. The van der Waals surface area contributed by atoms with Gasteiger partial charge < -0.3 is 19.2 Å². The van der Waals surface area contributed by atoms with E-state index >= 15 is 0 Å². The van der Waals surface area contributed by atoms with Crippen molar-refractivity contribution >= 4 is 12.0 Å². The first-order valence-corrected chi connectivity index (χ1v) is 8.85. The molecule has 1 N–H and O–H groups in total. The van der Waals surface area contributed by atoms with Crippen molar-refractivity contribution in [2.24, 2.45) is 0 Å². The smallest absolute Gasteiger partial charge is 0.244 e. The van der Waals surface area contributed by atoms with Crippen LogP contribution in [0.15, 0.2) is 47.1 Å². The van der Waals surface area contributed by atoms with Crippen molar-refractivity contribution in [3.05, 3.63) is 59.6 Å². The summed E-state index contributed by atoms with van der Waals surface area (Å²) < 4.78 is 16.4. The molecule has 1 aliphatic rings. The maximum absolute atomic E-state index is 12.3. The van der Waals surface area contributed by atoms with Crippen LogP contribution in [-0.2, 0) is 14.9 Å². The minimum Gasteiger partial charge on any atom is -0.496 e. The molecule has 5 heteroatoms. The monoisotopic (exact) mass is 355 g/mol. The molecule has 1 aromatic heterocycles. The molecule has 1 amide bonds. The normalized spacial score (nSPS) is 16.5. The van der Waals surface area contributed by atoms with Crippen molar-refractivity contribution in [3.8, 4) is 5.75 Å². The van der Waals surface area contributed by atoms with Gasteiger partial charge in [-0.3, -0.25) is 4.79 Å². The molecule has 1 saturated heterocycles. The molecular formula is C21H25NO4. The molecule has 1 aromatic carbocycles. The zero-order chi connectivity index (χ0) is 18.4. The van der Waals surface area contributed by atoms with E-state index in [1.54, 1.807) is 31.6 Å². The summed E-state index contributed by atoms with van der Waals surface area (Å²) in [6.45, 7) is 3.96. The second kappa shape index (κ2) is 8.23. The topological polar surface area (TPSA) is 60.7 Å². The van der Waals surface area contributed by atoms with Gasteiger partial charge in [-0.2, -0.15) is 0 Å². The summed E-state index contributed by atoms with van der Waals surface area (Å²) in [6.07, 6.45) is 6.43. The molecule has 2 heterocycles. The zero-order valence-corrected chi connectivity index (χ0v) is 15.3. The van der Waals surface area contributed by atoms with E-state index in [2.05, 4.69) is 18.3 Å². The summed E-state index contributed by atoms with van der Waals surface area (Å²) in [7, 11) is 1.69. The Morgan fingerprint density at radius 2 is 2.12 bits per heavy atom. The van der Waals surface area contributed by atoms with Crippen molar-refractivity contribution in [1.29, 1.82) is 0 Å². The molecule has 0 bridgehead atoms. The van der Waals surface area contributed by atoms with Gasteiger partial charge in [-0.15, -0.1) is 0 Å². The predicted molar refractivity (Wildman–Crippen MR) is 100 cm³/mol. The van der Waals surface area contributed by atoms with Crippen LogP contribution in [0.5, 0.6) is 5.75 Å². The first kappa shape index (κ1) is 18.3. The van der Waals surface area contributed by atoms with E-state index in [1.807, 2.05) is 12.1 Å². The van der Waals surface area contributed by atoms with Crippen LogP contribution in [0.4, 0.5) is 0 Å². The van der Waals surface area contributed by atoms with E-state index in [9.17, 15) is 4.79 Å². The van der Waals surface area contributed by atoms with Gasteiger partial charge in [0, 0.05) is 36.8 Å². The van der Waals surface area contributed by atoms with Crippen LogP contribution in [0.2, 0.25) is 0 Å². The van der Waals surface area contributed by atoms with Crippen LogP contribution in [0.1, 0.15) is 29.7 Å². The molecule has 0 atom stereocenters. The first-order valence-electron chi connectivity index (χ1n) is 8.85. The van der Waals surface area contributed by atoms with Crippen molar-refractivity contribution in [1.82, 2.24) is 5.32 Å². The number of methoxy groups -OCH3 is 1. The highest BCUT2D eigenvalue weighted by Crippen LogP contribution is 2.40. The molecule has 3 rings (SSSR count). The van der Waals surface area contributed by atoms with Gasteiger partial charge in [-0.05, 0) is 44.0 Å². The number of rotatable bonds is 6. The van der Waals surface area contributed by atoms with E-state index in [1.165, 1.54) is 11.6 Å². The van der Waals surface area contributed by atoms with Gasteiger partial charge in [0.25, 0.3) is 0 Å². The molecular weight excluding hydrogens is 330 g/mol. The highest BCUT2D eigenvalue weighted by Gasteiger charge is 2.37. The van der Waals surface area contributed by atoms with Gasteiger partial charge in [0.05, 0.1) is 13.4 Å². The molecule has 0 saturated carbocycles. The Hall–Kier alpha value is -2.53. The van der Waals surface area contributed by atoms with Gasteiger partial charge >= 0.3 is 0 Å². The fourth-order valence-electron chi connectivity index (χ4n) is 3.40. The third kappa shape index (κ3) is 4.17. The molecule has 0 aliphatic carbocycles. The minimum atomic E-state index is -0.191. The summed E-state index contributed by atoms with van der Waals surface area (Å²) in [4.78, 5) is 12.3. The number of ether oxygens (including phenoxy) is 2. The van der Waals surface area contributed by atoms with Gasteiger partial charge in [0.2, 0.25) is 5.91 Å². The Bertz CT molecular complexity index is 758. The molecule has 0 radical (unpaired) electrons. The standard InChI is InChI=1S/C21H25NO4/c1-16-5-7-19(24-2)18(14-16)21(9-12-25-13-10-21)15-22-20(23)8-6-17-4-3-11-26-17/h3-8,11,14H,9-10,12-13,15H2,1-2H3,(H,22,23)/b8-6+. The molecule has 0 unspecified atom stereocenters. The number of carbonyl (C=O) groups excluding carboxylic acids is 1. The summed E-state index contributed by atoms with van der Waals surface area (Å²) in [5, 5.41) is 3.05. The van der Waals surface area contributed by atoms with Crippen molar-refractivity contribution in [2.75, 3.05) is 26.9 Å². The molecule has 2 aromatic rings. The van der Waals surface area contributed by atoms with E-state index in [0.717, 1.165) is 24.2 Å². The maximum Gasteiger partial charge on any atom is 0.244 e. The van der Waals surface area contributed by atoms with Crippen LogP contribution in [0, 0.1) is 6.92 Å². The number of furan rings is 1. The third-order valence-electron chi connectivity index (χ3n) is 4.92. The van der Waals surface area contributed by atoms with Crippen molar-refractivity contribution < 1.29 is 18.7 Å². The van der Waals surface area contributed by atoms with Gasteiger partial charge in [-0.1, -0.05) is 17.7 Å². The fraction of sp³-hybridized carbons (Fsp3) is 0.381. The van der Waals surface area contributed by atoms with Gasteiger partial charge in [0.15, 0.2) is 0 Å². The summed E-state index contributed by atoms with van der Waals surface area (Å²) >= 11 is 0. The average Bonchev–Trinajstić information content (AvgIpc) is 3.19. The number of nitrogens with one attached hydrogen (secondary N) is 1. The fourth-order valence-corrected chi connectivity index (χ4v) is 3.40. The maximum atomic E-state index is 12.3. The number of benzene rings is 1. The van der Waals surface area contributed by atoms with Gasteiger partial charge in [-0.25, -0.2) is 0 Å². The average molecular weight is 355 g/mol.